The van der Waals surface area contributed by atoms with Crippen LogP contribution < -0.4 is 10.8 Å². The second-order valence-corrected chi connectivity index (χ2v) is 6.69. The maximum absolute atomic E-state index is 7.51. The molecular weight excluding hydrogens is 275 g/mol. The third-order valence-corrected chi connectivity index (χ3v) is 4.57. The van der Waals surface area contributed by atoms with Crippen LogP contribution in [0.2, 0.25) is 0 Å². The third-order valence-electron chi connectivity index (χ3n) is 4.57. The van der Waals surface area contributed by atoms with Gasteiger partial charge in [-0.1, -0.05) is 23.8 Å². The van der Waals surface area contributed by atoms with Crippen molar-refractivity contribution in [2.24, 2.45) is 0 Å². The van der Waals surface area contributed by atoms with Crippen molar-refractivity contribution in [1.82, 2.24) is 5.32 Å². The van der Waals surface area contributed by atoms with Crippen molar-refractivity contribution < 1.29 is 9.31 Å². The zero-order chi connectivity index (χ0) is 16.5. The SMILES string of the molecule is CN/C=C(\C=N)c1ccc(B2OC(C)(C)C(C)(C)O2)c(C)c1. The van der Waals surface area contributed by atoms with Crippen LogP contribution in [-0.2, 0) is 9.31 Å². The maximum Gasteiger partial charge on any atom is 0.495 e. The molecule has 1 aliphatic heterocycles. The number of aryl methyl sites for hydroxylation is 1. The Bertz CT molecular complexity index is 593. The average molecular weight is 300 g/mol. The molecule has 0 aliphatic carbocycles. The minimum absolute atomic E-state index is 0.338. The van der Waals surface area contributed by atoms with E-state index in [0.717, 1.165) is 22.2 Å². The fourth-order valence-corrected chi connectivity index (χ4v) is 2.45. The predicted octanol–water partition coefficient (Wildman–Crippen LogP) is 2.50. The molecule has 0 spiro atoms. The van der Waals surface area contributed by atoms with Crippen molar-refractivity contribution in [2.75, 3.05) is 7.05 Å². The largest absolute Gasteiger partial charge is 0.495 e. The number of allylic oxidation sites excluding steroid dienone is 1. The molecule has 0 unspecified atom stereocenters. The van der Waals surface area contributed by atoms with Crippen LogP contribution in [0.1, 0.15) is 38.8 Å². The van der Waals surface area contributed by atoms with Crippen molar-refractivity contribution >= 4 is 24.4 Å². The average Bonchev–Trinajstić information content (AvgIpc) is 2.64. The lowest BCUT2D eigenvalue weighted by Crippen LogP contribution is -2.41. The first-order valence-corrected chi connectivity index (χ1v) is 7.56. The second-order valence-electron chi connectivity index (χ2n) is 6.69. The summed E-state index contributed by atoms with van der Waals surface area (Å²) in [6.07, 6.45) is 3.16. The molecule has 1 fully saturated rings. The van der Waals surface area contributed by atoms with Gasteiger partial charge in [0.2, 0.25) is 0 Å². The van der Waals surface area contributed by atoms with E-state index >= 15 is 0 Å². The Balaban J connectivity index is 2.32. The van der Waals surface area contributed by atoms with Gasteiger partial charge in [-0.2, -0.15) is 0 Å². The number of nitrogens with one attached hydrogen (secondary N) is 2. The summed E-state index contributed by atoms with van der Waals surface area (Å²) in [5.41, 5.74) is 3.30. The number of hydrogen-bond donors (Lipinski definition) is 2. The van der Waals surface area contributed by atoms with Crippen molar-refractivity contribution in [3.05, 3.63) is 35.5 Å². The van der Waals surface area contributed by atoms with E-state index in [2.05, 4.69) is 39.1 Å². The lowest BCUT2D eigenvalue weighted by molar-refractivity contribution is 0.00578. The first kappa shape index (κ1) is 16.8. The van der Waals surface area contributed by atoms with Gasteiger partial charge >= 0.3 is 7.12 Å². The molecule has 1 aliphatic rings. The lowest BCUT2D eigenvalue weighted by atomic mass is 9.75. The highest BCUT2D eigenvalue weighted by Gasteiger charge is 2.51. The fraction of sp³-hybridized carbons (Fsp3) is 0.471. The molecule has 0 bridgehead atoms. The van der Waals surface area contributed by atoms with E-state index < -0.39 is 0 Å². The molecule has 2 N–H and O–H groups in total. The number of benzene rings is 1. The van der Waals surface area contributed by atoms with Gasteiger partial charge in [-0.15, -0.1) is 0 Å². The highest BCUT2D eigenvalue weighted by Crippen LogP contribution is 2.36. The van der Waals surface area contributed by atoms with Crippen LogP contribution in [-0.4, -0.2) is 31.6 Å². The van der Waals surface area contributed by atoms with Gasteiger partial charge in [-0.3, -0.25) is 0 Å². The van der Waals surface area contributed by atoms with Crippen LogP contribution in [0.4, 0.5) is 0 Å². The highest BCUT2D eigenvalue weighted by atomic mass is 16.7. The van der Waals surface area contributed by atoms with Crippen LogP contribution in [0.25, 0.3) is 5.57 Å². The molecule has 4 nitrogen and oxygen atoms in total. The summed E-state index contributed by atoms with van der Waals surface area (Å²) < 4.78 is 12.2. The summed E-state index contributed by atoms with van der Waals surface area (Å²) in [4.78, 5) is 0. The molecule has 0 atom stereocenters. The molecule has 1 heterocycles. The first-order valence-electron chi connectivity index (χ1n) is 7.56. The highest BCUT2D eigenvalue weighted by molar-refractivity contribution is 6.62. The Kier molecular flexibility index (Phi) is 4.50. The third kappa shape index (κ3) is 2.96. The molecule has 2 rings (SSSR count). The summed E-state index contributed by atoms with van der Waals surface area (Å²) >= 11 is 0. The molecule has 0 saturated carbocycles. The van der Waals surface area contributed by atoms with Gasteiger partial charge < -0.3 is 20.0 Å². The van der Waals surface area contributed by atoms with E-state index in [9.17, 15) is 0 Å². The van der Waals surface area contributed by atoms with Gasteiger partial charge in [0.25, 0.3) is 0 Å². The maximum atomic E-state index is 7.51. The molecule has 0 amide bonds. The monoisotopic (exact) mass is 300 g/mol. The first-order chi connectivity index (χ1) is 10.2. The van der Waals surface area contributed by atoms with Crippen molar-refractivity contribution in [1.29, 1.82) is 5.41 Å². The summed E-state index contributed by atoms with van der Waals surface area (Å²) in [5, 5.41) is 10.5. The van der Waals surface area contributed by atoms with E-state index in [1.54, 1.807) is 0 Å². The molecule has 118 valence electrons. The summed E-state index contributed by atoms with van der Waals surface area (Å²) in [6, 6.07) is 6.09. The van der Waals surface area contributed by atoms with Gasteiger partial charge in [0.1, 0.15) is 0 Å². The Morgan fingerprint density at radius 1 is 1.18 bits per heavy atom. The van der Waals surface area contributed by atoms with E-state index in [0.29, 0.717) is 0 Å². The second kappa shape index (κ2) is 5.90. The minimum Gasteiger partial charge on any atom is -0.399 e. The summed E-state index contributed by atoms with van der Waals surface area (Å²) in [7, 11) is 1.48. The van der Waals surface area contributed by atoms with E-state index in [4.69, 9.17) is 14.7 Å². The van der Waals surface area contributed by atoms with E-state index in [1.807, 2.05) is 32.3 Å². The standard InChI is InChI=1S/C17H25BN2O2/c1-12-9-13(14(10-19)11-20-6)7-8-15(12)18-21-16(2,3)17(4,5)22-18/h7-11,19-20H,1-6H3/b14-11+,19-10?. The summed E-state index contributed by atoms with van der Waals surface area (Å²) in [5.74, 6) is 0. The van der Waals surface area contributed by atoms with Crippen LogP contribution >= 0.6 is 0 Å². The molecular formula is C17H25BN2O2. The lowest BCUT2D eigenvalue weighted by Gasteiger charge is -2.32. The van der Waals surface area contributed by atoms with Crippen LogP contribution in [0.3, 0.4) is 0 Å². The van der Waals surface area contributed by atoms with Gasteiger partial charge in [0.05, 0.1) is 11.2 Å². The van der Waals surface area contributed by atoms with Crippen LogP contribution in [0.15, 0.2) is 24.4 Å². The molecule has 0 radical (unpaired) electrons. The molecule has 1 aromatic rings. The minimum atomic E-state index is -0.351. The summed E-state index contributed by atoms with van der Waals surface area (Å²) in [6.45, 7) is 10.3. The van der Waals surface area contributed by atoms with Crippen molar-refractivity contribution in [2.45, 2.75) is 45.8 Å². The Labute approximate surface area is 133 Å². The van der Waals surface area contributed by atoms with E-state index in [1.165, 1.54) is 6.21 Å². The normalized spacial score (nSPS) is 20.1. The Morgan fingerprint density at radius 3 is 2.23 bits per heavy atom. The molecule has 1 saturated heterocycles. The topological polar surface area (TPSA) is 54.3 Å². The molecule has 1 aromatic carbocycles. The smallest absolute Gasteiger partial charge is 0.399 e. The number of rotatable bonds is 4. The van der Waals surface area contributed by atoms with Crippen LogP contribution in [0, 0.1) is 12.3 Å². The van der Waals surface area contributed by atoms with Gasteiger partial charge in [-0.25, -0.2) is 0 Å². The van der Waals surface area contributed by atoms with Crippen molar-refractivity contribution in [3.8, 4) is 0 Å². The van der Waals surface area contributed by atoms with Gasteiger partial charge in [0.15, 0.2) is 0 Å². The zero-order valence-electron chi connectivity index (χ0n) is 14.3. The Morgan fingerprint density at radius 2 is 1.77 bits per heavy atom. The predicted molar refractivity (Wildman–Crippen MR) is 92.7 cm³/mol. The van der Waals surface area contributed by atoms with E-state index in [-0.39, 0.29) is 18.3 Å². The molecule has 0 aromatic heterocycles. The molecule has 22 heavy (non-hydrogen) atoms. The number of hydrogen-bond acceptors (Lipinski definition) is 4. The molecule has 5 heteroatoms. The van der Waals surface area contributed by atoms with Gasteiger partial charge in [-0.05, 0) is 45.6 Å². The van der Waals surface area contributed by atoms with Crippen LogP contribution in [0.5, 0.6) is 0 Å². The fourth-order valence-electron chi connectivity index (χ4n) is 2.45. The zero-order valence-corrected chi connectivity index (χ0v) is 14.3. The van der Waals surface area contributed by atoms with Crippen molar-refractivity contribution in [3.63, 3.8) is 0 Å². The Hall–Kier alpha value is -1.59. The van der Waals surface area contributed by atoms with Gasteiger partial charge in [0, 0.05) is 25.0 Å². The quantitative estimate of drug-likeness (QED) is 0.663.